The molecule has 3 heterocycles. The molecule has 1 aromatic heterocycles. The van der Waals surface area contributed by atoms with Crippen LogP contribution in [0.5, 0.6) is 0 Å². The van der Waals surface area contributed by atoms with E-state index in [4.69, 9.17) is 0 Å². The van der Waals surface area contributed by atoms with E-state index in [1.165, 1.54) is 43.5 Å². The number of nitrogens with one attached hydrogen (secondary N) is 1. The van der Waals surface area contributed by atoms with Crippen LogP contribution in [0.2, 0.25) is 0 Å². The largest absolute Gasteiger partial charge is 0.364 e. The van der Waals surface area contributed by atoms with Crippen molar-refractivity contribution in [1.29, 1.82) is 0 Å². The van der Waals surface area contributed by atoms with Gasteiger partial charge in [-0.05, 0) is 64.6 Å². The minimum Gasteiger partial charge on any atom is -0.364 e. The van der Waals surface area contributed by atoms with Crippen LogP contribution in [-0.2, 0) is 0 Å². The van der Waals surface area contributed by atoms with E-state index in [1.807, 2.05) is 0 Å². The van der Waals surface area contributed by atoms with Gasteiger partial charge in [0.2, 0.25) is 0 Å². The fourth-order valence-corrected chi connectivity index (χ4v) is 4.18. The molecular weight excluding hydrogens is 246 g/mol. The molecule has 2 aliphatic heterocycles. The zero-order valence-electron chi connectivity index (χ0n) is 13.0. The average molecular weight is 273 g/mol. The first-order valence-corrected chi connectivity index (χ1v) is 8.15. The molecule has 3 rings (SSSR count). The molecule has 2 unspecified atom stereocenters. The summed E-state index contributed by atoms with van der Waals surface area (Å²) in [5, 5.41) is 3.67. The number of aryl methyl sites for hydroxylation is 2. The number of anilines is 1. The van der Waals surface area contributed by atoms with Crippen molar-refractivity contribution in [3.63, 3.8) is 0 Å². The highest BCUT2D eigenvalue weighted by Gasteiger charge is 2.38. The maximum absolute atomic E-state index is 4.67. The van der Waals surface area contributed by atoms with Gasteiger partial charge >= 0.3 is 0 Å². The Balaban J connectivity index is 1.86. The van der Waals surface area contributed by atoms with Crippen molar-refractivity contribution in [3.05, 3.63) is 23.5 Å². The second-order valence-electron chi connectivity index (χ2n) is 6.43. The smallest absolute Gasteiger partial charge is 0.0609 e. The van der Waals surface area contributed by atoms with Crippen molar-refractivity contribution in [2.45, 2.75) is 71.0 Å². The Kier molecular flexibility index (Phi) is 3.97. The van der Waals surface area contributed by atoms with Crippen molar-refractivity contribution in [2.24, 2.45) is 0 Å². The predicted octanol–water partition coefficient (Wildman–Crippen LogP) is 3.20. The Labute approximate surface area is 122 Å². The van der Waals surface area contributed by atoms with Crippen LogP contribution in [-0.4, -0.2) is 29.7 Å². The summed E-state index contributed by atoms with van der Waals surface area (Å²) < 4.78 is 0. The van der Waals surface area contributed by atoms with E-state index in [0.717, 1.165) is 12.2 Å². The number of aromatic nitrogens is 1. The molecule has 0 spiro atoms. The Morgan fingerprint density at radius 2 is 1.90 bits per heavy atom. The summed E-state index contributed by atoms with van der Waals surface area (Å²) in [6.07, 6.45) is 6.65. The summed E-state index contributed by atoms with van der Waals surface area (Å²) >= 11 is 0. The molecule has 2 fully saturated rings. The normalized spacial score (nSPS) is 29.6. The molecule has 0 aromatic carbocycles. The van der Waals surface area contributed by atoms with Crippen molar-refractivity contribution >= 4 is 5.69 Å². The van der Waals surface area contributed by atoms with Gasteiger partial charge in [-0.25, -0.2) is 0 Å². The van der Waals surface area contributed by atoms with Crippen LogP contribution in [0.4, 0.5) is 5.69 Å². The molecular formula is C17H27N3. The second kappa shape index (κ2) is 5.72. The van der Waals surface area contributed by atoms with E-state index in [2.05, 4.69) is 48.1 Å². The van der Waals surface area contributed by atoms with Crippen LogP contribution in [0.1, 0.15) is 50.4 Å². The van der Waals surface area contributed by atoms with Crippen LogP contribution >= 0.6 is 0 Å². The van der Waals surface area contributed by atoms with Gasteiger partial charge in [-0.1, -0.05) is 6.92 Å². The lowest BCUT2D eigenvalue weighted by Gasteiger charge is -2.50. The first-order valence-electron chi connectivity index (χ1n) is 8.15. The average Bonchev–Trinajstić information content (AvgIpc) is 2.39. The van der Waals surface area contributed by atoms with Crippen molar-refractivity contribution in [1.82, 2.24) is 10.3 Å². The number of hydrogen-bond donors (Lipinski definition) is 1. The summed E-state index contributed by atoms with van der Waals surface area (Å²) in [6, 6.07) is 6.57. The van der Waals surface area contributed by atoms with Gasteiger partial charge in [0, 0.05) is 23.8 Å². The molecule has 2 saturated heterocycles. The van der Waals surface area contributed by atoms with Crippen molar-refractivity contribution < 1.29 is 0 Å². The molecule has 3 heteroatoms. The minimum atomic E-state index is 0.703. The Hall–Kier alpha value is -1.09. The van der Waals surface area contributed by atoms with E-state index >= 15 is 0 Å². The van der Waals surface area contributed by atoms with Gasteiger partial charge in [0.25, 0.3) is 0 Å². The summed E-state index contributed by atoms with van der Waals surface area (Å²) in [6.45, 7) is 7.55. The zero-order chi connectivity index (χ0) is 14.1. The number of nitrogens with zero attached hydrogens (tertiary/aromatic N) is 2. The van der Waals surface area contributed by atoms with Gasteiger partial charge in [0.1, 0.15) is 0 Å². The molecule has 0 amide bonds. The standard InChI is InChI=1S/C17H27N3/c1-4-18-14-10-15-6-5-7-16(11-14)20(15)17-9-8-12(2)19-13(17)3/h8-9,14-16,18H,4-7,10-11H2,1-3H3. The SMILES string of the molecule is CCNC1CC2CCCC(C1)N2c1ccc(C)nc1C. The fraction of sp³-hybridized carbons (Fsp3) is 0.706. The maximum atomic E-state index is 4.67. The molecule has 2 aliphatic rings. The number of piperidine rings is 2. The van der Waals surface area contributed by atoms with Crippen molar-refractivity contribution in [3.8, 4) is 0 Å². The minimum absolute atomic E-state index is 0.703. The summed E-state index contributed by atoms with van der Waals surface area (Å²) in [4.78, 5) is 7.37. The van der Waals surface area contributed by atoms with Gasteiger partial charge in [-0.15, -0.1) is 0 Å². The van der Waals surface area contributed by atoms with Crippen LogP contribution in [0.3, 0.4) is 0 Å². The molecule has 2 bridgehead atoms. The number of hydrogen-bond acceptors (Lipinski definition) is 3. The highest BCUT2D eigenvalue weighted by atomic mass is 15.2. The summed E-state index contributed by atoms with van der Waals surface area (Å²) in [5.74, 6) is 0. The lowest BCUT2D eigenvalue weighted by atomic mass is 9.81. The first-order chi connectivity index (χ1) is 9.69. The van der Waals surface area contributed by atoms with Crippen molar-refractivity contribution in [2.75, 3.05) is 11.4 Å². The molecule has 2 atom stereocenters. The van der Waals surface area contributed by atoms with Gasteiger partial charge in [-0.2, -0.15) is 0 Å². The second-order valence-corrected chi connectivity index (χ2v) is 6.43. The van der Waals surface area contributed by atoms with Crippen LogP contribution in [0.25, 0.3) is 0 Å². The molecule has 3 nitrogen and oxygen atoms in total. The van der Waals surface area contributed by atoms with E-state index < -0.39 is 0 Å². The molecule has 110 valence electrons. The zero-order valence-corrected chi connectivity index (χ0v) is 13.0. The van der Waals surface area contributed by atoms with Crippen LogP contribution in [0.15, 0.2) is 12.1 Å². The molecule has 1 aromatic rings. The van der Waals surface area contributed by atoms with Crippen LogP contribution in [0, 0.1) is 13.8 Å². The highest BCUT2D eigenvalue weighted by Crippen LogP contribution is 2.38. The highest BCUT2D eigenvalue weighted by molar-refractivity contribution is 5.53. The van der Waals surface area contributed by atoms with Gasteiger partial charge in [0.15, 0.2) is 0 Å². The third kappa shape index (κ3) is 2.56. The quantitative estimate of drug-likeness (QED) is 0.916. The molecule has 20 heavy (non-hydrogen) atoms. The lowest BCUT2D eigenvalue weighted by molar-refractivity contribution is 0.247. The molecule has 0 aliphatic carbocycles. The number of rotatable bonds is 3. The molecule has 0 radical (unpaired) electrons. The van der Waals surface area contributed by atoms with E-state index in [-0.39, 0.29) is 0 Å². The number of pyridine rings is 1. The third-order valence-electron chi connectivity index (χ3n) is 4.94. The Morgan fingerprint density at radius 1 is 1.20 bits per heavy atom. The van der Waals surface area contributed by atoms with E-state index in [0.29, 0.717) is 18.1 Å². The maximum Gasteiger partial charge on any atom is 0.0609 e. The third-order valence-corrected chi connectivity index (χ3v) is 4.94. The van der Waals surface area contributed by atoms with E-state index in [9.17, 15) is 0 Å². The summed E-state index contributed by atoms with van der Waals surface area (Å²) in [5.41, 5.74) is 3.70. The predicted molar refractivity (Wildman–Crippen MR) is 84.3 cm³/mol. The summed E-state index contributed by atoms with van der Waals surface area (Å²) in [7, 11) is 0. The Morgan fingerprint density at radius 3 is 2.50 bits per heavy atom. The molecule has 1 N–H and O–H groups in total. The lowest BCUT2D eigenvalue weighted by Crippen LogP contribution is -2.56. The van der Waals surface area contributed by atoms with Crippen LogP contribution < -0.4 is 10.2 Å². The van der Waals surface area contributed by atoms with E-state index in [1.54, 1.807) is 0 Å². The van der Waals surface area contributed by atoms with Gasteiger partial charge in [-0.3, -0.25) is 4.98 Å². The Bertz CT molecular complexity index is 457. The number of fused-ring (bicyclic) bond motifs is 2. The van der Waals surface area contributed by atoms with Gasteiger partial charge in [0.05, 0.1) is 11.4 Å². The topological polar surface area (TPSA) is 28.2 Å². The van der Waals surface area contributed by atoms with Gasteiger partial charge < -0.3 is 10.2 Å². The monoisotopic (exact) mass is 273 g/mol. The fourth-order valence-electron chi connectivity index (χ4n) is 4.18. The molecule has 0 saturated carbocycles. The first kappa shape index (κ1) is 13.9.